The van der Waals surface area contributed by atoms with Gasteiger partial charge in [-0.25, -0.2) is 0 Å². The molecule has 128 valence electrons. The lowest BCUT2D eigenvalue weighted by molar-refractivity contribution is -0.00305. The molecule has 25 heavy (non-hydrogen) atoms. The number of para-hydroxylation sites is 1. The number of carbonyl (C=O) groups is 1. The normalized spacial score (nSPS) is 11.5. The van der Waals surface area contributed by atoms with E-state index in [2.05, 4.69) is 10.3 Å². The van der Waals surface area contributed by atoms with Gasteiger partial charge in [0, 0.05) is 17.1 Å². The minimum Gasteiger partial charge on any atom is -0.346 e. The fourth-order valence-corrected chi connectivity index (χ4v) is 2.90. The molecule has 0 saturated heterocycles. The van der Waals surface area contributed by atoms with Gasteiger partial charge in [0.25, 0.3) is 11.8 Å². The predicted molar refractivity (Wildman–Crippen MR) is 93.9 cm³/mol. The molecule has 0 saturated carbocycles. The average molecular weight is 340 g/mol. The Balaban J connectivity index is 1.81. The Morgan fingerprint density at radius 1 is 1.12 bits per heavy atom. The molecule has 1 heterocycles. The second-order valence-corrected chi connectivity index (χ2v) is 6.08. The third-order valence-corrected chi connectivity index (χ3v) is 4.14. The van der Waals surface area contributed by atoms with Crippen LogP contribution in [-0.4, -0.2) is 17.4 Å². The Morgan fingerprint density at radius 3 is 2.64 bits per heavy atom. The molecular weight excluding hydrogens is 322 g/mol. The summed E-state index contributed by atoms with van der Waals surface area (Å²) in [6.07, 6.45) is 1.50. The summed E-state index contributed by atoms with van der Waals surface area (Å²) >= 11 is 0. The second-order valence-electron chi connectivity index (χ2n) is 6.08. The van der Waals surface area contributed by atoms with Crippen molar-refractivity contribution >= 4 is 16.8 Å². The van der Waals surface area contributed by atoms with Crippen LogP contribution >= 0.6 is 0 Å². The summed E-state index contributed by atoms with van der Waals surface area (Å²) in [4.78, 5) is 16.6. The lowest BCUT2D eigenvalue weighted by Crippen LogP contribution is -2.35. The monoisotopic (exact) mass is 340 g/mol. The number of fused-ring (bicyclic) bond motifs is 1. The molecule has 2 aromatic carbocycles. The van der Waals surface area contributed by atoms with Gasteiger partial charge in [0.1, 0.15) is 0 Å². The van der Waals surface area contributed by atoms with E-state index in [-0.39, 0.29) is 5.56 Å². The van der Waals surface area contributed by atoms with Gasteiger partial charge in [-0.3, -0.25) is 9.78 Å². The van der Waals surface area contributed by atoms with E-state index in [0.29, 0.717) is 22.0 Å². The highest BCUT2D eigenvalue weighted by Gasteiger charge is 2.33. The maximum absolute atomic E-state index is 14.5. The zero-order chi connectivity index (χ0) is 18.0. The van der Waals surface area contributed by atoms with Gasteiger partial charge in [-0.05, 0) is 31.5 Å². The minimum atomic E-state index is -3.14. The van der Waals surface area contributed by atoms with Gasteiger partial charge in [0.2, 0.25) is 0 Å². The molecule has 0 spiro atoms. The molecule has 0 unspecified atom stereocenters. The summed E-state index contributed by atoms with van der Waals surface area (Å²) in [5, 5.41) is 2.99. The van der Waals surface area contributed by atoms with Crippen molar-refractivity contribution in [1.29, 1.82) is 0 Å². The first-order valence-corrected chi connectivity index (χ1v) is 7.96. The van der Waals surface area contributed by atoms with Crippen molar-refractivity contribution < 1.29 is 13.6 Å². The SMILES string of the molecule is Cc1ccc(C(F)(F)CNC(=O)c2ccnc3ccccc23)c(C)c1. The lowest BCUT2D eigenvalue weighted by atomic mass is 10.00. The van der Waals surface area contributed by atoms with Crippen molar-refractivity contribution in [2.24, 2.45) is 0 Å². The molecule has 0 fully saturated rings. The van der Waals surface area contributed by atoms with Crippen LogP contribution in [0.5, 0.6) is 0 Å². The van der Waals surface area contributed by atoms with Gasteiger partial charge in [-0.15, -0.1) is 0 Å². The Morgan fingerprint density at radius 2 is 1.88 bits per heavy atom. The summed E-state index contributed by atoms with van der Waals surface area (Å²) < 4.78 is 29.0. The van der Waals surface area contributed by atoms with E-state index in [1.807, 2.05) is 13.0 Å². The van der Waals surface area contributed by atoms with Crippen LogP contribution in [0.1, 0.15) is 27.0 Å². The molecule has 0 aliphatic heterocycles. The molecule has 3 rings (SSSR count). The molecule has 3 nitrogen and oxygen atoms in total. The molecule has 3 aromatic rings. The summed E-state index contributed by atoms with van der Waals surface area (Å²) in [5.41, 5.74) is 2.34. The Bertz CT molecular complexity index is 933. The number of benzene rings is 2. The van der Waals surface area contributed by atoms with E-state index < -0.39 is 18.4 Å². The Hall–Kier alpha value is -2.82. The van der Waals surface area contributed by atoms with E-state index in [4.69, 9.17) is 0 Å². The van der Waals surface area contributed by atoms with E-state index in [1.54, 1.807) is 37.3 Å². The summed E-state index contributed by atoms with van der Waals surface area (Å²) in [6, 6.07) is 13.4. The maximum Gasteiger partial charge on any atom is 0.290 e. The predicted octanol–water partition coefficient (Wildman–Crippen LogP) is 4.37. The number of hydrogen-bond acceptors (Lipinski definition) is 2. The van der Waals surface area contributed by atoms with E-state index in [0.717, 1.165) is 5.56 Å². The molecular formula is C20H18F2N2O. The number of nitrogens with zero attached hydrogens (tertiary/aromatic N) is 1. The van der Waals surface area contributed by atoms with E-state index in [9.17, 15) is 13.6 Å². The first-order chi connectivity index (χ1) is 11.9. The number of nitrogens with one attached hydrogen (secondary N) is 1. The van der Waals surface area contributed by atoms with Gasteiger partial charge in [0.05, 0.1) is 17.6 Å². The molecule has 1 aromatic heterocycles. The smallest absolute Gasteiger partial charge is 0.290 e. The highest BCUT2D eigenvalue weighted by molar-refractivity contribution is 6.05. The fourth-order valence-electron chi connectivity index (χ4n) is 2.90. The minimum absolute atomic E-state index is 0.0713. The Kier molecular flexibility index (Phi) is 4.49. The number of carbonyl (C=O) groups excluding carboxylic acids is 1. The van der Waals surface area contributed by atoms with Crippen LogP contribution in [0.3, 0.4) is 0 Å². The molecule has 0 bridgehead atoms. The largest absolute Gasteiger partial charge is 0.346 e. The van der Waals surface area contributed by atoms with Crippen LogP contribution in [0.2, 0.25) is 0 Å². The first-order valence-electron chi connectivity index (χ1n) is 7.96. The summed E-state index contributed by atoms with van der Waals surface area (Å²) in [6.45, 7) is 2.74. The van der Waals surface area contributed by atoms with Crippen LogP contribution in [0.15, 0.2) is 54.7 Å². The number of amides is 1. The topological polar surface area (TPSA) is 42.0 Å². The zero-order valence-electron chi connectivity index (χ0n) is 14.0. The fraction of sp³-hybridized carbons (Fsp3) is 0.200. The summed E-state index contributed by atoms with van der Waals surface area (Å²) in [5.74, 6) is -3.68. The van der Waals surface area contributed by atoms with Crippen LogP contribution in [-0.2, 0) is 5.92 Å². The Labute approximate surface area is 144 Å². The average Bonchev–Trinajstić information content (AvgIpc) is 2.59. The zero-order valence-corrected chi connectivity index (χ0v) is 14.0. The molecule has 0 radical (unpaired) electrons. The second kappa shape index (κ2) is 6.59. The molecule has 1 amide bonds. The molecule has 0 atom stereocenters. The third kappa shape index (κ3) is 3.50. The number of aryl methyl sites for hydroxylation is 2. The molecule has 1 N–H and O–H groups in total. The van der Waals surface area contributed by atoms with E-state index in [1.165, 1.54) is 18.3 Å². The van der Waals surface area contributed by atoms with Crippen LogP contribution in [0.25, 0.3) is 10.9 Å². The quantitative estimate of drug-likeness (QED) is 0.766. The first kappa shape index (κ1) is 17.0. The highest BCUT2D eigenvalue weighted by Crippen LogP contribution is 2.30. The van der Waals surface area contributed by atoms with Crippen molar-refractivity contribution in [3.63, 3.8) is 0 Å². The number of hydrogen-bond donors (Lipinski definition) is 1. The number of aromatic nitrogens is 1. The van der Waals surface area contributed by atoms with Gasteiger partial charge in [0.15, 0.2) is 0 Å². The van der Waals surface area contributed by atoms with Gasteiger partial charge in [-0.2, -0.15) is 8.78 Å². The van der Waals surface area contributed by atoms with Gasteiger partial charge < -0.3 is 5.32 Å². The van der Waals surface area contributed by atoms with Crippen molar-refractivity contribution in [3.05, 3.63) is 77.0 Å². The van der Waals surface area contributed by atoms with Crippen LogP contribution < -0.4 is 5.32 Å². The van der Waals surface area contributed by atoms with Crippen LogP contribution in [0, 0.1) is 13.8 Å². The van der Waals surface area contributed by atoms with Crippen molar-refractivity contribution in [1.82, 2.24) is 10.3 Å². The lowest BCUT2D eigenvalue weighted by Gasteiger charge is -2.20. The van der Waals surface area contributed by atoms with Crippen molar-refractivity contribution in [2.45, 2.75) is 19.8 Å². The van der Waals surface area contributed by atoms with E-state index >= 15 is 0 Å². The van der Waals surface area contributed by atoms with Crippen molar-refractivity contribution in [2.75, 3.05) is 6.54 Å². The standard InChI is InChI=1S/C20H18F2N2O/c1-13-7-8-17(14(2)11-13)20(21,22)12-24-19(25)16-9-10-23-18-6-4-3-5-15(16)18/h3-11H,12H2,1-2H3,(H,24,25). The number of halogens is 2. The van der Waals surface area contributed by atoms with Gasteiger partial charge in [-0.1, -0.05) is 42.0 Å². The molecule has 5 heteroatoms. The molecule has 0 aliphatic carbocycles. The van der Waals surface area contributed by atoms with Crippen LogP contribution in [0.4, 0.5) is 8.78 Å². The highest BCUT2D eigenvalue weighted by atomic mass is 19.3. The van der Waals surface area contributed by atoms with Crippen molar-refractivity contribution in [3.8, 4) is 0 Å². The third-order valence-electron chi connectivity index (χ3n) is 4.14. The van der Waals surface area contributed by atoms with Gasteiger partial charge >= 0.3 is 0 Å². The number of alkyl halides is 2. The number of pyridine rings is 1. The summed E-state index contributed by atoms with van der Waals surface area (Å²) in [7, 11) is 0. The number of rotatable bonds is 4. The maximum atomic E-state index is 14.5. The molecule has 0 aliphatic rings.